The number of carbonyl (C=O) groups excluding carboxylic acids is 1. The number of benzene rings is 4. The number of aromatic nitrogens is 2. The molecule has 50 heavy (non-hydrogen) atoms. The molecular weight excluding hydrogens is 800 g/mol. The molecule has 0 amide bonds. The van der Waals surface area contributed by atoms with Gasteiger partial charge in [-0.05, 0) is 73.7 Å². The summed E-state index contributed by atoms with van der Waals surface area (Å²) >= 11 is 0. The fraction of sp³-hybridized carbons (Fsp3) is 0.341. The van der Waals surface area contributed by atoms with Gasteiger partial charge in [-0.15, -0.1) is 12.1 Å². The van der Waals surface area contributed by atoms with Gasteiger partial charge in [0.05, 0.1) is 0 Å². The van der Waals surface area contributed by atoms with Crippen molar-refractivity contribution in [2.45, 2.75) is 81.1 Å². The van der Waals surface area contributed by atoms with E-state index in [1.165, 1.54) is 11.6 Å². The molecule has 0 unspecified atom stereocenters. The van der Waals surface area contributed by atoms with Crippen LogP contribution in [-0.4, -0.2) is 20.9 Å². The zero-order valence-electron chi connectivity index (χ0n) is 30.7. The second-order valence-electron chi connectivity index (χ2n) is 16.4. The van der Waals surface area contributed by atoms with Gasteiger partial charge in [0.15, 0.2) is 5.78 Å². The Kier molecular flexibility index (Phi) is 9.90. The van der Waals surface area contributed by atoms with Crippen molar-refractivity contribution in [3.8, 4) is 11.3 Å². The number of rotatable bonds is 3. The van der Waals surface area contributed by atoms with Gasteiger partial charge in [0, 0.05) is 59.7 Å². The Morgan fingerprint density at radius 3 is 2.22 bits per heavy atom. The Morgan fingerprint density at radius 1 is 0.900 bits per heavy atom. The maximum absolute atomic E-state index is 15.3. The third-order valence-corrected chi connectivity index (χ3v) is 9.54. The van der Waals surface area contributed by atoms with Crippen molar-refractivity contribution < 1.29 is 34.4 Å². The fourth-order valence-electron chi connectivity index (χ4n) is 6.66. The molecule has 1 aliphatic carbocycles. The monoisotopic (exact) mass is 846 g/mol. The van der Waals surface area contributed by atoms with Crippen LogP contribution in [0.1, 0.15) is 86.1 Å². The molecule has 1 aliphatic rings. The zero-order chi connectivity index (χ0) is 35.6. The molecule has 2 aromatic heterocycles. The number of aliphatic hydroxyl groups excluding tert-OH is 1. The van der Waals surface area contributed by atoms with E-state index < -0.39 is 5.41 Å². The minimum Gasteiger partial charge on any atom is -0.512 e. The van der Waals surface area contributed by atoms with E-state index >= 15 is 4.39 Å². The molecule has 6 aromatic rings. The zero-order valence-corrected chi connectivity index (χ0v) is 33.1. The molecule has 0 saturated heterocycles. The molecule has 0 aliphatic heterocycles. The SMILES string of the molecule is CC(C)(C)C(=O)/C=C(\O)C(C)(C)C.CC(C)Cc1cc(F)c2ccc3c4ccnc5c4c(cc3c2c1)C(C)(C)c1nc2ccccc2[c-]c1-5.[Ir]. The number of allylic oxidation sites excluding steroid dienone is 2. The number of carbonyl (C=O) groups is 1. The average Bonchev–Trinajstić information content (AvgIpc) is 3.01. The van der Waals surface area contributed by atoms with E-state index in [0.29, 0.717) is 11.3 Å². The maximum atomic E-state index is 15.3. The van der Waals surface area contributed by atoms with Crippen LogP contribution in [0, 0.1) is 28.6 Å². The first-order valence-electron chi connectivity index (χ1n) is 17.1. The Hall–Kier alpha value is -3.99. The van der Waals surface area contributed by atoms with Crippen molar-refractivity contribution in [1.29, 1.82) is 0 Å². The van der Waals surface area contributed by atoms with Gasteiger partial charge in [0.1, 0.15) is 11.6 Å². The van der Waals surface area contributed by atoms with Crippen LogP contribution >= 0.6 is 0 Å². The number of hydrogen-bond donors (Lipinski definition) is 1. The number of nitrogens with zero attached hydrogens (tertiary/aromatic N) is 2. The van der Waals surface area contributed by atoms with Crippen molar-refractivity contribution in [2.24, 2.45) is 16.7 Å². The third kappa shape index (κ3) is 6.73. The molecule has 0 fully saturated rings. The maximum Gasteiger partial charge on any atom is 0.164 e. The van der Waals surface area contributed by atoms with Gasteiger partial charge in [-0.3, -0.25) is 9.78 Å². The molecule has 0 atom stereocenters. The molecule has 0 saturated carbocycles. The number of fused-ring (bicyclic) bond motifs is 7. The first-order valence-corrected chi connectivity index (χ1v) is 17.1. The minimum absolute atomic E-state index is 0. The molecular formula is C44H46FIrN2O2-. The second-order valence-corrected chi connectivity index (χ2v) is 16.4. The van der Waals surface area contributed by atoms with Crippen molar-refractivity contribution in [3.05, 3.63) is 107 Å². The van der Waals surface area contributed by atoms with Crippen LogP contribution in [0.3, 0.4) is 0 Å². The summed E-state index contributed by atoms with van der Waals surface area (Å²) in [6, 6.07) is 24.0. The van der Waals surface area contributed by atoms with Crippen LogP contribution in [0.15, 0.2) is 78.7 Å². The van der Waals surface area contributed by atoms with Gasteiger partial charge in [-0.25, -0.2) is 4.39 Å². The van der Waals surface area contributed by atoms with Crippen LogP contribution < -0.4 is 0 Å². The largest absolute Gasteiger partial charge is 0.512 e. The summed E-state index contributed by atoms with van der Waals surface area (Å²) in [6.07, 6.45) is 4.06. The predicted octanol–water partition coefficient (Wildman–Crippen LogP) is 11.6. The van der Waals surface area contributed by atoms with Gasteiger partial charge in [-0.2, -0.15) is 0 Å². The molecule has 7 rings (SSSR count). The number of aliphatic hydroxyl groups is 1. The van der Waals surface area contributed by atoms with Crippen molar-refractivity contribution in [3.63, 3.8) is 0 Å². The second kappa shape index (κ2) is 13.3. The van der Waals surface area contributed by atoms with Gasteiger partial charge in [0.25, 0.3) is 0 Å². The molecule has 261 valence electrons. The van der Waals surface area contributed by atoms with E-state index in [4.69, 9.17) is 9.97 Å². The smallest absolute Gasteiger partial charge is 0.164 e. The number of pyridine rings is 2. The van der Waals surface area contributed by atoms with E-state index in [-0.39, 0.29) is 48.3 Å². The van der Waals surface area contributed by atoms with Gasteiger partial charge in [0.2, 0.25) is 0 Å². The molecule has 1 N–H and O–H groups in total. The number of ketones is 1. The summed E-state index contributed by atoms with van der Waals surface area (Å²) in [7, 11) is 0. The van der Waals surface area contributed by atoms with Gasteiger partial charge in [-0.1, -0.05) is 123 Å². The standard InChI is InChI=1S/C33H26FN2.C11H20O2.Ir/c1-18(2)13-19-14-24-22(28(34)15-19)10-9-21-23-11-12-35-31-26-16-20-7-5-6-8-29(20)36-32(26)33(3,4)27(30(23)31)17-25(21)24;1-10(2,3)8(12)7-9(13)11(4,5)6;/h5-12,14-15,17-18H,13H2,1-4H3;7,12H,1-6H3;/q-1;;/b;8-7-;. The molecule has 4 nitrogen and oxygen atoms in total. The van der Waals surface area contributed by atoms with E-state index in [1.54, 1.807) is 6.07 Å². The average molecular weight is 846 g/mol. The van der Waals surface area contributed by atoms with Crippen molar-refractivity contribution >= 4 is 49.0 Å². The summed E-state index contributed by atoms with van der Waals surface area (Å²) < 4.78 is 15.3. The summed E-state index contributed by atoms with van der Waals surface area (Å²) in [5.41, 5.74) is 4.91. The topological polar surface area (TPSA) is 63.1 Å². The minimum atomic E-state index is -0.417. The molecule has 6 heteroatoms. The van der Waals surface area contributed by atoms with Gasteiger partial charge >= 0.3 is 0 Å². The fourth-order valence-corrected chi connectivity index (χ4v) is 6.66. The first-order chi connectivity index (χ1) is 22.9. The summed E-state index contributed by atoms with van der Waals surface area (Å²) in [4.78, 5) is 21.5. The summed E-state index contributed by atoms with van der Waals surface area (Å²) in [5, 5.41) is 16.7. The van der Waals surface area contributed by atoms with Gasteiger partial charge < -0.3 is 10.1 Å². The Bertz CT molecular complexity index is 2320. The molecule has 4 aromatic carbocycles. The van der Waals surface area contributed by atoms with E-state index in [0.717, 1.165) is 66.8 Å². The van der Waals surface area contributed by atoms with Crippen molar-refractivity contribution in [1.82, 2.24) is 9.97 Å². The van der Waals surface area contributed by atoms with Crippen LogP contribution in [-0.2, 0) is 36.7 Å². The van der Waals surface area contributed by atoms with Crippen LogP contribution in [0.2, 0.25) is 0 Å². The van der Waals surface area contributed by atoms with Crippen LogP contribution in [0.5, 0.6) is 0 Å². The predicted molar refractivity (Wildman–Crippen MR) is 202 cm³/mol. The van der Waals surface area contributed by atoms with Crippen LogP contribution in [0.25, 0.3) is 54.5 Å². The van der Waals surface area contributed by atoms with E-state index in [1.807, 2.05) is 72.0 Å². The third-order valence-electron chi connectivity index (χ3n) is 9.54. The molecule has 0 spiro atoms. The quantitative estimate of drug-likeness (QED) is 0.0834. The Labute approximate surface area is 308 Å². The number of para-hydroxylation sites is 1. The summed E-state index contributed by atoms with van der Waals surface area (Å²) in [5.74, 6) is 0.411. The van der Waals surface area contributed by atoms with E-state index in [2.05, 4.69) is 64.1 Å². The Balaban J connectivity index is 0.000000299. The molecule has 1 radical (unpaired) electrons. The van der Waals surface area contributed by atoms with Crippen LogP contribution in [0.4, 0.5) is 4.39 Å². The summed E-state index contributed by atoms with van der Waals surface area (Å²) in [6.45, 7) is 19.9. The number of halogens is 1. The first kappa shape index (κ1) is 37.3. The number of hydrogen-bond acceptors (Lipinski definition) is 4. The Morgan fingerprint density at radius 2 is 1.56 bits per heavy atom. The normalized spacial score (nSPS) is 14.0. The molecule has 0 bridgehead atoms. The van der Waals surface area contributed by atoms with E-state index in [9.17, 15) is 9.90 Å². The van der Waals surface area contributed by atoms with Crippen molar-refractivity contribution in [2.75, 3.05) is 0 Å². The molecule has 2 heterocycles.